The normalized spacial score (nSPS) is 15.0. The molecule has 1 aliphatic rings. The fourth-order valence-electron chi connectivity index (χ4n) is 5.05. The molecular formula is C30H36Cl2N4O. The maximum absolute atomic E-state index is 13.3. The number of pyridine rings is 1. The molecule has 0 N–H and O–H groups in total. The predicted octanol–water partition coefficient (Wildman–Crippen LogP) is 6.38. The van der Waals surface area contributed by atoms with Gasteiger partial charge >= 0.3 is 0 Å². The topological polar surface area (TPSA) is 39.7 Å². The second kappa shape index (κ2) is 12.3. The molecule has 1 atom stereocenters. The molecule has 1 aromatic heterocycles. The van der Waals surface area contributed by atoms with Gasteiger partial charge in [-0.3, -0.25) is 9.69 Å². The van der Waals surface area contributed by atoms with Crippen LogP contribution in [0, 0.1) is 20.8 Å². The number of hydrogen-bond donors (Lipinski definition) is 0. The number of aromatic nitrogens is 1. The van der Waals surface area contributed by atoms with Crippen LogP contribution in [-0.2, 0) is 0 Å². The minimum Gasteiger partial charge on any atom is -0.354 e. The molecule has 4 rings (SSSR count). The Morgan fingerprint density at radius 3 is 2.24 bits per heavy atom. The first-order valence-electron chi connectivity index (χ1n) is 12.9. The van der Waals surface area contributed by atoms with Gasteiger partial charge in [0.1, 0.15) is 5.82 Å². The number of carbonyl (C=O) groups excluding carboxylic acids is 1. The second-order valence-corrected chi connectivity index (χ2v) is 11.1. The average Bonchev–Trinajstić information content (AvgIpc) is 2.88. The van der Waals surface area contributed by atoms with Crippen LogP contribution < -0.4 is 4.90 Å². The zero-order valence-corrected chi connectivity index (χ0v) is 23.7. The summed E-state index contributed by atoms with van der Waals surface area (Å²) in [7, 11) is 1.89. The smallest absolute Gasteiger partial charge is 0.253 e. The quantitative estimate of drug-likeness (QED) is 0.333. The van der Waals surface area contributed by atoms with Crippen molar-refractivity contribution in [3.63, 3.8) is 0 Å². The lowest BCUT2D eigenvalue weighted by Crippen LogP contribution is -2.47. The van der Waals surface area contributed by atoms with Crippen molar-refractivity contribution in [1.29, 1.82) is 0 Å². The molecule has 3 aromatic rings. The first-order chi connectivity index (χ1) is 17.7. The summed E-state index contributed by atoms with van der Waals surface area (Å²) < 4.78 is 0. The van der Waals surface area contributed by atoms with Gasteiger partial charge in [0.25, 0.3) is 5.91 Å². The van der Waals surface area contributed by atoms with E-state index in [2.05, 4.69) is 39.9 Å². The number of hydrogen-bond acceptors (Lipinski definition) is 4. The van der Waals surface area contributed by atoms with Gasteiger partial charge in [0.05, 0.1) is 10.0 Å². The number of anilines is 1. The lowest BCUT2D eigenvalue weighted by atomic mass is 9.94. The Morgan fingerprint density at radius 2 is 1.62 bits per heavy atom. The molecule has 1 amide bonds. The molecule has 1 saturated heterocycles. The monoisotopic (exact) mass is 538 g/mol. The number of halogens is 2. The number of benzene rings is 2. The van der Waals surface area contributed by atoms with Crippen LogP contribution in [0.5, 0.6) is 0 Å². The highest BCUT2D eigenvalue weighted by atomic mass is 35.5. The molecule has 2 heterocycles. The first-order valence-corrected chi connectivity index (χ1v) is 13.6. The molecule has 0 aliphatic carbocycles. The van der Waals surface area contributed by atoms with E-state index < -0.39 is 0 Å². The molecule has 5 nitrogen and oxygen atoms in total. The summed E-state index contributed by atoms with van der Waals surface area (Å²) in [4.78, 5) is 24.6. The molecule has 0 radical (unpaired) electrons. The minimum absolute atomic E-state index is 0.0380. The van der Waals surface area contributed by atoms with E-state index in [1.807, 2.05) is 62.3 Å². The molecule has 2 aromatic carbocycles. The number of likely N-dealkylation sites (N-methyl/N-ethyl adjacent to an activating group) is 1. The maximum atomic E-state index is 13.3. The summed E-state index contributed by atoms with van der Waals surface area (Å²) in [6.07, 6.45) is 2.85. The third kappa shape index (κ3) is 7.25. The Balaban J connectivity index is 1.42. The van der Waals surface area contributed by atoms with Crippen LogP contribution in [0.3, 0.4) is 0 Å². The van der Waals surface area contributed by atoms with Crippen molar-refractivity contribution in [3.05, 3.63) is 92.6 Å². The summed E-state index contributed by atoms with van der Waals surface area (Å²) in [5.74, 6) is 1.23. The van der Waals surface area contributed by atoms with Crippen molar-refractivity contribution in [2.45, 2.75) is 33.1 Å². The summed E-state index contributed by atoms with van der Waals surface area (Å²) in [6, 6.07) is 16.1. The number of rotatable bonds is 8. The van der Waals surface area contributed by atoms with Gasteiger partial charge < -0.3 is 9.80 Å². The highest BCUT2D eigenvalue weighted by Gasteiger charge is 2.23. The van der Waals surface area contributed by atoms with E-state index in [1.165, 1.54) is 5.56 Å². The van der Waals surface area contributed by atoms with Gasteiger partial charge in [0, 0.05) is 57.4 Å². The molecule has 1 fully saturated rings. The van der Waals surface area contributed by atoms with Gasteiger partial charge in [-0.05, 0) is 75.2 Å². The van der Waals surface area contributed by atoms with Gasteiger partial charge in [-0.15, -0.1) is 0 Å². The van der Waals surface area contributed by atoms with Crippen LogP contribution >= 0.6 is 23.2 Å². The lowest BCUT2D eigenvalue weighted by molar-refractivity contribution is 0.0782. The standard InChI is InChI=1S/C30H36Cl2N4O/c1-21-5-8-29(33-19-21)36-13-11-35(12-14-36)10-9-25(24-6-7-27(31)28(32)18-24)20-34(4)30(37)26-16-22(2)15-23(3)17-26/h5-8,15-19,25H,9-14,20H2,1-4H3/t25-/m1/s1. The van der Waals surface area contributed by atoms with E-state index in [4.69, 9.17) is 23.2 Å². The van der Waals surface area contributed by atoms with Crippen LogP contribution in [0.1, 0.15) is 45.0 Å². The molecule has 0 unspecified atom stereocenters. The zero-order chi connectivity index (χ0) is 26.5. The molecule has 7 heteroatoms. The summed E-state index contributed by atoms with van der Waals surface area (Å²) in [6.45, 7) is 11.6. The average molecular weight is 540 g/mol. The number of nitrogens with zero attached hydrogens (tertiary/aromatic N) is 4. The molecule has 0 bridgehead atoms. The van der Waals surface area contributed by atoms with E-state index in [9.17, 15) is 4.79 Å². The maximum Gasteiger partial charge on any atom is 0.253 e. The van der Waals surface area contributed by atoms with Gasteiger partial charge in [-0.25, -0.2) is 4.98 Å². The Bertz CT molecular complexity index is 1200. The second-order valence-electron chi connectivity index (χ2n) is 10.2. The van der Waals surface area contributed by atoms with Gasteiger partial charge in [0.15, 0.2) is 0 Å². The highest BCUT2D eigenvalue weighted by Crippen LogP contribution is 2.29. The molecule has 37 heavy (non-hydrogen) atoms. The Labute approximate surface area is 231 Å². The van der Waals surface area contributed by atoms with Crippen molar-refractivity contribution < 1.29 is 4.79 Å². The Hall–Kier alpha value is -2.60. The first kappa shape index (κ1) is 27.4. The number of carbonyl (C=O) groups is 1. The van der Waals surface area contributed by atoms with E-state index in [1.54, 1.807) is 0 Å². The molecule has 0 saturated carbocycles. The van der Waals surface area contributed by atoms with Crippen molar-refractivity contribution >= 4 is 34.9 Å². The fourth-order valence-corrected chi connectivity index (χ4v) is 5.35. The number of amides is 1. The zero-order valence-electron chi connectivity index (χ0n) is 22.2. The van der Waals surface area contributed by atoms with Gasteiger partial charge in [-0.2, -0.15) is 0 Å². The van der Waals surface area contributed by atoms with Crippen LogP contribution in [0.15, 0.2) is 54.7 Å². The van der Waals surface area contributed by atoms with Crippen LogP contribution in [-0.4, -0.2) is 67.0 Å². The van der Waals surface area contributed by atoms with E-state index in [0.29, 0.717) is 16.6 Å². The van der Waals surface area contributed by atoms with Crippen molar-refractivity contribution in [2.75, 3.05) is 51.2 Å². The molecular weight excluding hydrogens is 503 g/mol. The minimum atomic E-state index is 0.0380. The molecule has 1 aliphatic heterocycles. The van der Waals surface area contributed by atoms with Crippen LogP contribution in [0.25, 0.3) is 0 Å². The highest BCUT2D eigenvalue weighted by molar-refractivity contribution is 6.42. The Morgan fingerprint density at radius 1 is 0.919 bits per heavy atom. The SMILES string of the molecule is Cc1ccc(N2CCN(CC[C@H](CN(C)C(=O)c3cc(C)cc(C)c3)c3ccc(Cl)c(Cl)c3)CC2)nc1. The predicted molar refractivity (Wildman–Crippen MR) is 154 cm³/mol. The third-order valence-electron chi connectivity index (χ3n) is 7.11. The van der Waals surface area contributed by atoms with Gasteiger partial charge in [-0.1, -0.05) is 52.5 Å². The summed E-state index contributed by atoms with van der Waals surface area (Å²) >= 11 is 12.6. The number of aryl methyl sites for hydroxylation is 3. The van der Waals surface area contributed by atoms with Crippen molar-refractivity contribution in [3.8, 4) is 0 Å². The lowest BCUT2D eigenvalue weighted by Gasteiger charge is -2.36. The third-order valence-corrected chi connectivity index (χ3v) is 7.85. The fraction of sp³-hybridized carbons (Fsp3) is 0.400. The van der Waals surface area contributed by atoms with Crippen molar-refractivity contribution in [1.82, 2.24) is 14.8 Å². The van der Waals surface area contributed by atoms with Gasteiger partial charge in [0.2, 0.25) is 0 Å². The summed E-state index contributed by atoms with van der Waals surface area (Å²) in [5.41, 5.74) is 5.21. The van der Waals surface area contributed by atoms with Crippen LogP contribution in [0.2, 0.25) is 10.0 Å². The largest absolute Gasteiger partial charge is 0.354 e. The van der Waals surface area contributed by atoms with E-state index in [0.717, 1.165) is 67.2 Å². The van der Waals surface area contributed by atoms with Crippen molar-refractivity contribution in [2.24, 2.45) is 0 Å². The number of piperazine rings is 1. The van der Waals surface area contributed by atoms with E-state index >= 15 is 0 Å². The van der Waals surface area contributed by atoms with Crippen LogP contribution in [0.4, 0.5) is 5.82 Å². The molecule has 0 spiro atoms. The molecule has 196 valence electrons. The summed E-state index contributed by atoms with van der Waals surface area (Å²) in [5, 5.41) is 1.09. The van der Waals surface area contributed by atoms with E-state index in [-0.39, 0.29) is 11.8 Å². The Kier molecular flexibility index (Phi) is 9.12.